The Balaban J connectivity index is 0.00000115. The molecule has 0 aromatic heterocycles. The maximum atomic E-state index is 6.08. The molecular formula is C34H48NiO2S6-4. The van der Waals surface area contributed by atoms with Crippen LogP contribution in [-0.2, 0) is 67.0 Å². The van der Waals surface area contributed by atoms with E-state index < -0.39 is 0 Å². The molecular weight excluding hydrogens is 691 g/mol. The molecule has 2 rings (SSSR count). The summed E-state index contributed by atoms with van der Waals surface area (Å²) in [5, 5.41) is 1.06. The van der Waals surface area contributed by atoms with Gasteiger partial charge in [-0.3, -0.25) is 0 Å². The fourth-order valence-electron chi connectivity index (χ4n) is 3.47. The summed E-state index contributed by atoms with van der Waals surface area (Å²) in [5.41, 5.74) is 4.02. The largest absolute Gasteiger partial charge is 0.780 e. The summed E-state index contributed by atoms with van der Waals surface area (Å²) in [6.45, 7) is 22.7. The number of aryl methyl sites for hydroxylation is 2. The van der Waals surface area contributed by atoms with Gasteiger partial charge in [-0.15, -0.1) is 0 Å². The van der Waals surface area contributed by atoms with Crippen molar-refractivity contribution in [1.29, 1.82) is 0 Å². The molecule has 2 aromatic carbocycles. The number of ether oxygens (including phenoxy) is 2. The average Bonchev–Trinajstić information content (AvgIpc) is 2.88. The normalized spacial score (nSPS) is 12.4. The van der Waals surface area contributed by atoms with Gasteiger partial charge in [0.05, 0.1) is 13.2 Å². The van der Waals surface area contributed by atoms with Gasteiger partial charge >= 0.3 is 0 Å². The molecule has 0 amide bonds. The van der Waals surface area contributed by atoms with E-state index in [1.54, 1.807) is 23.5 Å². The van der Waals surface area contributed by atoms with E-state index in [1.807, 2.05) is 24.3 Å². The minimum absolute atomic E-state index is 0. The van der Waals surface area contributed by atoms with Crippen LogP contribution >= 0.6 is 23.5 Å². The van der Waals surface area contributed by atoms with E-state index in [9.17, 15) is 0 Å². The second-order valence-electron chi connectivity index (χ2n) is 11.6. The molecule has 0 saturated carbocycles. The molecule has 0 aliphatic carbocycles. The molecule has 0 heterocycles. The fourth-order valence-corrected chi connectivity index (χ4v) is 6.79. The zero-order valence-corrected chi connectivity index (χ0v) is 33.1. The van der Waals surface area contributed by atoms with E-state index >= 15 is 0 Å². The molecule has 246 valence electrons. The van der Waals surface area contributed by atoms with Crippen molar-refractivity contribution < 1.29 is 26.0 Å². The number of hydrogen-bond donors (Lipinski definition) is 0. The van der Waals surface area contributed by atoms with Gasteiger partial charge in [0.1, 0.15) is 11.5 Å². The van der Waals surface area contributed by atoms with Crippen LogP contribution in [0.1, 0.15) is 90.5 Å². The summed E-state index contributed by atoms with van der Waals surface area (Å²) in [6.07, 6.45) is 1.99. The first-order chi connectivity index (χ1) is 19.6. The predicted molar refractivity (Wildman–Crippen MR) is 201 cm³/mol. The summed E-state index contributed by atoms with van der Waals surface area (Å²) in [7, 11) is 0. The van der Waals surface area contributed by atoms with Gasteiger partial charge in [0.2, 0.25) is 0 Å². The SMILES string of the molecule is CC(C)S/C([S-])=C(/[S-])SC(C)C.Cc1ccc(OCCC(C)C)c(/C([S-])=C(/[S-])c2cc(C)ccc2OCCC(C)C)c1.[Ni]. The molecule has 2 nitrogen and oxygen atoms in total. The van der Waals surface area contributed by atoms with Gasteiger partial charge in [0.15, 0.2) is 0 Å². The fraction of sp³-hybridized carbons (Fsp3) is 0.529. The second kappa shape index (κ2) is 22.2. The van der Waals surface area contributed by atoms with Crippen LogP contribution in [0.4, 0.5) is 0 Å². The van der Waals surface area contributed by atoms with Crippen molar-refractivity contribution in [3.63, 3.8) is 0 Å². The van der Waals surface area contributed by atoms with Crippen LogP contribution in [0, 0.1) is 25.7 Å². The van der Waals surface area contributed by atoms with Crippen molar-refractivity contribution in [2.45, 2.75) is 92.6 Å². The molecule has 9 heteroatoms. The van der Waals surface area contributed by atoms with Crippen molar-refractivity contribution in [2.24, 2.45) is 11.8 Å². The Morgan fingerprint density at radius 3 is 1.21 bits per heavy atom. The topological polar surface area (TPSA) is 18.5 Å². The molecule has 0 aliphatic heterocycles. The second-order valence-corrected chi connectivity index (χ2v) is 17.0. The molecule has 43 heavy (non-hydrogen) atoms. The Morgan fingerprint density at radius 2 is 0.930 bits per heavy atom. The Kier molecular flexibility index (Phi) is 22.0. The minimum Gasteiger partial charge on any atom is -0.780 e. The molecule has 0 radical (unpaired) electrons. The summed E-state index contributed by atoms with van der Waals surface area (Å²) in [4.78, 5) is 1.26. The van der Waals surface area contributed by atoms with E-state index in [4.69, 9.17) is 60.0 Å². The van der Waals surface area contributed by atoms with Crippen molar-refractivity contribution in [1.82, 2.24) is 0 Å². The predicted octanol–water partition coefficient (Wildman–Crippen LogP) is 10.6. The van der Waals surface area contributed by atoms with E-state index in [2.05, 4.69) is 81.4 Å². The standard InChI is InChI=1S/C26H36O2S2.C8H16S4.Ni/c1-17(2)11-13-27-23-9-7-19(5)15-21(23)25(29)26(30)22-16-20(6)8-10-24(22)28-14-12-18(3)4;1-5(2)11-7(9)8(10)12-6(3)4;/h7-10,15-18,29-30H,11-14H2,1-6H3;5-6,9-10H,1-4H3;/p-4/b26-25-;8-7-;. The maximum absolute atomic E-state index is 6.08. The number of hydrogen-bond acceptors (Lipinski definition) is 8. The van der Waals surface area contributed by atoms with E-state index in [1.165, 1.54) is 0 Å². The van der Waals surface area contributed by atoms with Gasteiger partial charge in [-0.25, -0.2) is 0 Å². The van der Waals surface area contributed by atoms with Gasteiger partial charge < -0.3 is 60.0 Å². The van der Waals surface area contributed by atoms with Gasteiger partial charge in [0.25, 0.3) is 0 Å². The molecule has 0 atom stereocenters. The van der Waals surface area contributed by atoms with Crippen molar-refractivity contribution in [3.8, 4) is 11.5 Å². The number of thioether (sulfide) groups is 2. The summed E-state index contributed by atoms with van der Waals surface area (Å²) < 4.78 is 13.9. The van der Waals surface area contributed by atoms with Gasteiger partial charge in [-0.2, -0.15) is 41.8 Å². The van der Waals surface area contributed by atoms with Crippen LogP contribution in [0.2, 0.25) is 0 Å². The van der Waals surface area contributed by atoms with Crippen LogP contribution in [0.25, 0.3) is 9.81 Å². The third-order valence-electron chi connectivity index (χ3n) is 5.72. The first kappa shape index (κ1) is 42.6. The monoisotopic (exact) mass is 738 g/mol. The third kappa shape index (κ3) is 17.2. The van der Waals surface area contributed by atoms with Crippen LogP contribution in [0.15, 0.2) is 44.9 Å². The summed E-state index contributed by atoms with van der Waals surface area (Å²) >= 11 is 25.4. The Morgan fingerprint density at radius 1 is 0.605 bits per heavy atom. The number of rotatable bonds is 14. The zero-order chi connectivity index (χ0) is 32.0. The van der Waals surface area contributed by atoms with E-state index in [0.717, 1.165) is 55.1 Å². The van der Waals surface area contributed by atoms with Crippen LogP contribution in [0.5, 0.6) is 11.5 Å². The van der Waals surface area contributed by atoms with Crippen molar-refractivity contribution >= 4 is 83.8 Å². The Bertz CT molecular complexity index is 1090. The molecule has 2 aromatic rings. The van der Waals surface area contributed by atoms with Crippen LogP contribution in [0.3, 0.4) is 0 Å². The van der Waals surface area contributed by atoms with Crippen molar-refractivity contribution in [2.75, 3.05) is 13.2 Å². The summed E-state index contributed by atoms with van der Waals surface area (Å²) in [5.74, 6) is 2.77. The maximum Gasteiger partial charge on any atom is 0.124 e. The smallest absolute Gasteiger partial charge is 0.124 e. The van der Waals surface area contributed by atoms with Gasteiger partial charge in [0, 0.05) is 27.0 Å². The van der Waals surface area contributed by atoms with Crippen LogP contribution < -0.4 is 9.47 Å². The molecule has 0 aliphatic rings. The van der Waals surface area contributed by atoms with E-state index in [-0.39, 0.29) is 16.5 Å². The molecule has 0 N–H and O–H groups in total. The van der Waals surface area contributed by atoms with Gasteiger partial charge in [-0.05, 0) is 73.9 Å². The molecule has 0 bridgehead atoms. The third-order valence-corrected chi connectivity index (χ3v) is 9.98. The first-order valence-corrected chi connectivity index (χ1v) is 18.0. The van der Waals surface area contributed by atoms with Gasteiger partial charge in [-0.1, -0.05) is 78.6 Å². The molecule has 0 unspecified atom stereocenters. The first-order valence-electron chi connectivity index (χ1n) is 14.6. The Hall–Kier alpha value is -0.406. The minimum atomic E-state index is 0. The Labute approximate surface area is 303 Å². The molecule has 0 fully saturated rings. The quantitative estimate of drug-likeness (QED) is 0.107. The zero-order valence-electron chi connectivity index (χ0n) is 27.2. The van der Waals surface area contributed by atoms with E-state index in [0.29, 0.717) is 45.4 Å². The molecule has 0 spiro atoms. The van der Waals surface area contributed by atoms with Crippen LogP contribution in [-0.4, -0.2) is 23.7 Å². The number of benzene rings is 2. The molecule has 0 saturated heterocycles. The average molecular weight is 740 g/mol. The summed E-state index contributed by atoms with van der Waals surface area (Å²) in [6, 6.07) is 12.2. The van der Waals surface area contributed by atoms with Crippen molar-refractivity contribution in [3.05, 3.63) is 67.1 Å².